The molecule has 2 rings (SSSR count). The van der Waals surface area contributed by atoms with E-state index < -0.39 is 0 Å². The van der Waals surface area contributed by atoms with Gasteiger partial charge in [0, 0.05) is 12.6 Å². The van der Waals surface area contributed by atoms with E-state index in [0.29, 0.717) is 6.04 Å². The van der Waals surface area contributed by atoms with Crippen molar-refractivity contribution in [3.63, 3.8) is 0 Å². The molecule has 50 valence electrons. The van der Waals surface area contributed by atoms with Crippen LogP contribution >= 0.6 is 0 Å². The van der Waals surface area contributed by atoms with E-state index in [1.54, 1.807) is 0 Å². The molecule has 3 nitrogen and oxygen atoms in total. The summed E-state index contributed by atoms with van der Waals surface area (Å²) in [6.45, 7) is 0.829. The molecule has 9 heavy (non-hydrogen) atoms. The molecule has 1 unspecified atom stereocenters. The molecule has 0 aromatic rings. The Bertz CT molecular complexity index is 146. The number of hydrogen-bond acceptors (Lipinski definition) is 2. The van der Waals surface area contributed by atoms with Crippen LogP contribution in [0.3, 0.4) is 0 Å². The number of hydrogen-bond donors (Lipinski definition) is 2. The Balaban J connectivity index is 2.14. The van der Waals surface area contributed by atoms with E-state index in [-0.39, 0.29) is 11.9 Å². The van der Waals surface area contributed by atoms with Gasteiger partial charge in [0.1, 0.15) is 0 Å². The molecule has 0 radical (unpaired) electrons. The van der Waals surface area contributed by atoms with E-state index in [0.717, 1.165) is 19.4 Å². The molecule has 2 N–H and O–H groups in total. The van der Waals surface area contributed by atoms with Crippen molar-refractivity contribution in [1.29, 1.82) is 0 Å². The highest BCUT2D eigenvalue weighted by Gasteiger charge is 2.33. The summed E-state index contributed by atoms with van der Waals surface area (Å²) in [7, 11) is 0. The van der Waals surface area contributed by atoms with Gasteiger partial charge in [0.15, 0.2) is 0 Å². The highest BCUT2D eigenvalue weighted by molar-refractivity contribution is 5.83. The zero-order valence-corrected chi connectivity index (χ0v) is 5.18. The molecule has 2 aliphatic heterocycles. The Morgan fingerprint density at radius 2 is 2.33 bits per heavy atom. The monoisotopic (exact) mass is 126 g/mol. The van der Waals surface area contributed by atoms with E-state index in [1.165, 1.54) is 0 Å². The molecular weight excluding hydrogens is 116 g/mol. The molecule has 0 aliphatic carbocycles. The maximum atomic E-state index is 10.9. The van der Waals surface area contributed by atoms with E-state index in [2.05, 4.69) is 10.6 Å². The molecule has 0 spiro atoms. The number of piperazine rings is 1. The third-order valence-electron chi connectivity index (χ3n) is 2.08. The van der Waals surface area contributed by atoms with Crippen LogP contribution in [0.5, 0.6) is 0 Å². The number of fused-ring (bicyclic) bond motifs is 2. The lowest BCUT2D eigenvalue weighted by molar-refractivity contribution is -0.123. The van der Waals surface area contributed by atoms with Crippen LogP contribution in [0.15, 0.2) is 0 Å². The van der Waals surface area contributed by atoms with Gasteiger partial charge < -0.3 is 10.6 Å². The van der Waals surface area contributed by atoms with Crippen LogP contribution in [0.4, 0.5) is 0 Å². The molecule has 2 atom stereocenters. The topological polar surface area (TPSA) is 41.1 Å². The minimum atomic E-state index is 0.128. The molecule has 2 fully saturated rings. The fraction of sp³-hybridized carbons (Fsp3) is 0.833. The number of rotatable bonds is 0. The molecule has 2 saturated heterocycles. The van der Waals surface area contributed by atoms with Gasteiger partial charge in [-0.25, -0.2) is 0 Å². The van der Waals surface area contributed by atoms with E-state index in [4.69, 9.17) is 0 Å². The standard InChI is InChI=1S/C6H10N2O/c9-6-5-2-1-4(8-5)3-7-6/h4-5,8H,1-3H2,(H,7,9)/t4?,5-/m0/s1. The van der Waals surface area contributed by atoms with E-state index >= 15 is 0 Å². The first-order valence-electron chi connectivity index (χ1n) is 3.40. The van der Waals surface area contributed by atoms with Crippen molar-refractivity contribution >= 4 is 5.91 Å². The van der Waals surface area contributed by atoms with Gasteiger partial charge in [-0.15, -0.1) is 0 Å². The third-order valence-corrected chi connectivity index (χ3v) is 2.08. The highest BCUT2D eigenvalue weighted by atomic mass is 16.2. The number of nitrogens with one attached hydrogen (secondary N) is 2. The van der Waals surface area contributed by atoms with Crippen LogP contribution in [-0.4, -0.2) is 24.5 Å². The highest BCUT2D eigenvalue weighted by Crippen LogP contribution is 2.14. The predicted octanol–water partition coefficient (Wildman–Crippen LogP) is -0.763. The lowest BCUT2D eigenvalue weighted by atomic mass is 10.2. The van der Waals surface area contributed by atoms with Gasteiger partial charge >= 0.3 is 0 Å². The molecule has 2 heterocycles. The summed E-state index contributed by atoms with van der Waals surface area (Å²) in [4.78, 5) is 10.9. The Hall–Kier alpha value is -0.570. The van der Waals surface area contributed by atoms with Crippen LogP contribution in [0.1, 0.15) is 12.8 Å². The summed E-state index contributed by atoms with van der Waals surface area (Å²) in [6.07, 6.45) is 2.18. The summed E-state index contributed by atoms with van der Waals surface area (Å²) in [5, 5.41) is 6.07. The molecule has 3 heteroatoms. The number of carbonyl (C=O) groups is 1. The fourth-order valence-corrected chi connectivity index (χ4v) is 1.53. The first-order chi connectivity index (χ1) is 4.36. The molecule has 2 bridgehead atoms. The van der Waals surface area contributed by atoms with E-state index in [1.807, 2.05) is 0 Å². The lowest BCUT2D eigenvalue weighted by Crippen LogP contribution is -2.52. The summed E-state index contributed by atoms with van der Waals surface area (Å²) in [6, 6.07) is 0.691. The van der Waals surface area contributed by atoms with Crippen molar-refractivity contribution in [3.8, 4) is 0 Å². The Kier molecular flexibility index (Phi) is 0.990. The molecule has 0 aromatic heterocycles. The first-order valence-corrected chi connectivity index (χ1v) is 3.40. The molecular formula is C6H10N2O. The first kappa shape index (κ1) is 5.23. The minimum absolute atomic E-state index is 0.128. The number of carbonyl (C=O) groups excluding carboxylic acids is 1. The van der Waals surface area contributed by atoms with Crippen molar-refractivity contribution in [2.24, 2.45) is 0 Å². The van der Waals surface area contributed by atoms with Crippen molar-refractivity contribution in [2.75, 3.05) is 6.54 Å². The molecule has 2 aliphatic rings. The van der Waals surface area contributed by atoms with E-state index in [9.17, 15) is 4.79 Å². The zero-order valence-electron chi connectivity index (χ0n) is 5.18. The van der Waals surface area contributed by atoms with Gasteiger partial charge in [-0.3, -0.25) is 4.79 Å². The minimum Gasteiger partial charge on any atom is -0.353 e. The average molecular weight is 126 g/mol. The SMILES string of the molecule is O=C1NCC2CC[C@@H]1N2. The molecule has 1 amide bonds. The maximum Gasteiger partial charge on any atom is 0.237 e. The summed E-state index contributed by atoms with van der Waals surface area (Å²) in [5.41, 5.74) is 0. The maximum absolute atomic E-state index is 10.9. The smallest absolute Gasteiger partial charge is 0.237 e. The Morgan fingerprint density at radius 1 is 1.44 bits per heavy atom. The lowest BCUT2D eigenvalue weighted by Gasteiger charge is -2.20. The number of amides is 1. The Labute approximate surface area is 53.8 Å². The van der Waals surface area contributed by atoms with Crippen LogP contribution in [0.25, 0.3) is 0 Å². The van der Waals surface area contributed by atoms with Crippen molar-refractivity contribution < 1.29 is 4.79 Å². The predicted molar refractivity (Wildman–Crippen MR) is 33.0 cm³/mol. The average Bonchev–Trinajstić information content (AvgIpc) is 2.25. The fourth-order valence-electron chi connectivity index (χ4n) is 1.53. The summed E-state index contributed by atoms with van der Waals surface area (Å²) >= 11 is 0. The van der Waals surface area contributed by atoms with Gasteiger partial charge in [0.2, 0.25) is 5.91 Å². The second kappa shape index (κ2) is 1.70. The molecule has 0 aromatic carbocycles. The van der Waals surface area contributed by atoms with Crippen LogP contribution < -0.4 is 10.6 Å². The van der Waals surface area contributed by atoms with Gasteiger partial charge in [-0.1, -0.05) is 0 Å². The second-order valence-electron chi connectivity index (χ2n) is 2.74. The van der Waals surface area contributed by atoms with Crippen LogP contribution in [0.2, 0.25) is 0 Å². The van der Waals surface area contributed by atoms with Gasteiger partial charge in [-0.2, -0.15) is 0 Å². The van der Waals surface area contributed by atoms with Crippen molar-refractivity contribution in [2.45, 2.75) is 24.9 Å². The molecule has 0 saturated carbocycles. The quantitative estimate of drug-likeness (QED) is 0.448. The largest absolute Gasteiger partial charge is 0.353 e. The van der Waals surface area contributed by atoms with Crippen LogP contribution in [-0.2, 0) is 4.79 Å². The van der Waals surface area contributed by atoms with Gasteiger partial charge in [0.25, 0.3) is 0 Å². The van der Waals surface area contributed by atoms with Crippen molar-refractivity contribution in [1.82, 2.24) is 10.6 Å². The third kappa shape index (κ3) is 0.721. The summed E-state index contributed by atoms with van der Waals surface area (Å²) < 4.78 is 0. The zero-order chi connectivity index (χ0) is 6.27. The normalized spacial score (nSPS) is 40.7. The van der Waals surface area contributed by atoms with Crippen LogP contribution in [0, 0.1) is 0 Å². The Morgan fingerprint density at radius 3 is 3.11 bits per heavy atom. The summed E-state index contributed by atoms with van der Waals surface area (Å²) in [5.74, 6) is 0.184. The van der Waals surface area contributed by atoms with Gasteiger partial charge in [-0.05, 0) is 12.8 Å². The second-order valence-corrected chi connectivity index (χ2v) is 2.74. The van der Waals surface area contributed by atoms with Gasteiger partial charge in [0.05, 0.1) is 6.04 Å². The van der Waals surface area contributed by atoms with Crippen molar-refractivity contribution in [3.05, 3.63) is 0 Å².